The van der Waals surface area contributed by atoms with E-state index in [2.05, 4.69) is 9.71 Å². The van der Waals surface area contributed by atoms with Crippen molar-refractivity contribution >= 4 is 5.97 Å². The predicted octanol–water partition coefficient (Wildman–Crippen LogP) is 1.04. The average Bonchev–Trinajstić information content (AvgIpc) is 1.89. The van der Waals surface area contributed by atoms with Crippen LogP contribution < -0.4 is 0 Å². The Morgan fingerprint density at radius 1 is 1.80 bits per heavy atom. The molecule has 4 heteroatoms. The van der Waals surface area contributed by atoms with Crippen molar-refractivity contribution in [2.24, 2.45) is 5.92 Å². The van der Waals surface area contributed by atoms with Crippen LogP contribution in [0, 0.1) is 11.3 Å². The minimum Gasteiger partial charge on any atom is -0.466 e. The minimum atomic E-state index is -0.343. The van der Waals surface area contributed by atoms with Gasteiger partial charge in [-0.05, 0) is 13.8 Å². The first-order valence-corrected chi connectivity index (χ1v) is 3.19. The van der Waals surface area contributed by atoms with E-state index in [1.807, 2.05) is 0 Å². The molecule has 0 spiro atoms. The van der Waals surface area contributed by atoms with Crippen molar-refractivity contribution in [2.75, 3.05) is 13.2 Å². The van der Waals surface area contributed by atoms with Gasteiger partial charge in [-0.2, -0.15) is 0 Å². The first-order chi connectivity index (χ1) is 4.72. The van der Waals surface area contributed by atoms with E-state index in [1.54, 1.807) is 13.8 Å². The van der Waals surface area contributed by atoms with E-state index < -0.39 is 0 Å². The Morgan fingerprint density at radius 2 is 2.40 bits per heavy atom. The fourth-order valence-corrected chi connectivity index (χ4v) is 0.482. The highest BCUT2D eigenvalue weighted by molar-refractivity contribution is 5.72. The van der Waals surface area contributed by atoms with Crippen LogP contribution in [0.3, 0.4) is 0 Å². The zero-order valence-corrected chi connectivity index (χ0v) is 6.20. The van der Waals surface area contributed by atoms with Gasteiger partial charge in [0.05, 0.1) is 6.61 Å². The number of carbonyl (C=O) groups is 1. The standard InChI is InChI=1S/C6H11N2O2/c1-3-10-6(9)5(2)4-8-7/h5H,3-4H2,1-2H3/q+1. The van der Waals surface area contributed by atoms with Gasteiger partial charge < -0.3 is 4.74 Å². The van der Waals surface area contributed by atoms with Crippen LogP contribution in [-0.4, -0.2) is 19.1 Å². The lowest BCUT2D eigenvalue weighted by atomic mass is 10.2. The highest BCUT2D eigenvalue weighted by Crippen LogP contribution is 1.98. The van der Waals surface area contributed by atoms with E-state index in [1.165, 1.54) is 0 Å². The number of diazo groups is 1. The molecular formula is C6H11N2O2+. The summed E-state index contributed by atoms with van der Waals surface area (Å²) < 4.78 is 4.65. The number of rotatable bonds is 3. The molecule has 0 amide bonds. The van der Waals surface area contributed by atoms with E-state index >= 15 is 0 Å². The molecule has 10 heavy (non-hydrogen) atoms. The van der Waals surface area contributed by atoms with Crippen molar-refractivity contribution in [1.82, 2.24) is 0 Å². The molecule has 0 fully saturated rings. The number of hydrogen-bond donors (Lipinski definition) is 0. The summed E-state index contributed by atoms with van der Waals surface area (Å²) >= 11 is 0. The van der Waals surface area contributed by atoms with E-state index in [4.69, 9.17) is 5.39 Å². The largest absolute Gasteiger partial charge is 0.466 e. The summed E-state index contributed by atoms with van der Waals surface area (Å²) in [5, 5.41) is 8.07. The number of ether oxygens (including phenoxy) is 1. The van der Waals surface area contributed by atoms with Crippen molar-refractivity contribution < 1.29 is 9.53 Å². The zero-order valence-electron chi connectivity index (χ0n) is 6.20. The Bertz CT molecular complexity index is 150. The quantitative estimate of drug-likeness (QED) is 0.438. The fourth-order valence-electron chi connectivity index (χ4n) is 0.482. The van der Waals surface area contributed by atoms with Gasteiger partial charge in [0.25, 0.3) is 0 Å². The fraction of sp³-hybridized carbons (Fsp3) is 0.833. The first-order valence-electron chi connectivity index (χ1n) is 3.19. The smallest absolute Gasteiger partial charge is 0.318 e. The second-order valence-electron chi connectivity index (χ2n) is 1.98. The SMILES string of the molecule is CCOC(=O)C(C)C[N+]#N. The van der Waals surface area contributed by atoms with Gasteiger partial charge in [-0.3, -0.25) is 4.79 Å². The lowest BCUT2D eigenvalue weighted by Crippen LogP contribution is -2.16. The highest BCUT2D eigenvalue weighted by Gasteiger charge is 2.19. The van der Waals surface area contributed by atoms with Gasteiger partial charge in [0.15, 0.2) is 0 Å². The molecule has 1 unspecified atom stereocenters. The molecule has 0 bridgehead atoms. The summed E-state index contributed by atoms with van der Waals surface area (Å²) in [5.41, 5.74) is 0. The monoisotopic (exact) mass is 143 g/mol. The van der Waals surface area contributed by atoms with E-state index in [9.17, 15) is 4.79 Å². The summed E-state index contributed by atoms with van der Waals surface area (Å²) in [6, 6.07) is 0. The Hall–Kier alpha value is -1.11. The van der Waals surface area contributed by atoms with E-state index in [-0.39, 0.29) is 18.4 Å². The van der Waals surface area contributed by atoms with Crippen molar-refractivity contribution in [1.29, 1.82) is 5.39 Å². The van der Waals surface area contributed by atoms with Crippen LogP contribution in [0.25, 0.3) is 4.98 Å². The predicted molar refractivity (Wildman–Crippen MR) is 35.7 cm³/mol. The summed E-state index contributed by atoms with van der Waals surface area (Å²) in [6.07, 6.45) is 0. The zero-order chi connectivity index (χ0) is 7.98. The van der Waals surface area contributed by atoms with E-state index in [0.29, 0.717) is 6.61 Å². The maximum absolute atomic E-state index is 10.7. The molecule has 0 aromatic carbocycles. The molecule has 0 aliphatic carbocycles. The topological polar surface area (TPSA) is 54.5 Å². The molecule has 1 atom stereocenters. The normalized spacial score (nSPS) is 11.7. The van der Waals surface area contributed by atoms with E-state index in [0.717, 1.165) is 0 Å². The van der Waals surface area contributed by atoms with Crippen molar-refractivity contribution in [3.63, 3.8) is 0 Å². The maximum Gasteiger partial charge on any atom is 0.318 e. The van der Waals surface area contributed by atoms with Crippen LogP contribution in [0.1, 0.15) is 13.8 Å². The summed E-state index contributed by atoms with van der Waals surface area (Å²) in [7, 11) is 0. The number of esters is 1. The molecule has 0 heterocycles. The summed E-state index contributed by atoms with van der Waals surface area (Å²) in [4.78, 5) is 13.6. The molecule has 4 nitrogen and oxygen atoms in total. The first kappa shape index (κ1) is 8.89. The number of hydrogen-bond acceptors (Lipinski definition) is 3. The van der Waals surface area contributed by atoms with Crippen LogP contribution in [0.4, 0.5) is 0 Å². The summed E-state index contributed by atoms with van der Waals surface area (Å²) in [5.74, 6) is -0.662. The van der Waals surface area contributed by atoms with Crippen LogP contribution in [0.2, 0.25) is 0 Å². The number of carbonyl (C=O) groups excluding carboxylic acids is 1. The van der Waals surface area contributed by atoms with Gasteiger partial charge in [0.1, 0.15) is 10.9 Å². The third-order valence-corrected chi connectivity index (χ3v) is 1.04. The second kappa shape index (κ2) is 4.74. The Labute approximate surface area is 59.8 Å². The van der Waals surface area contributed by atoms with Gasteiger partial charge in [-0.25, -0.2) is 0 Å². The molecule has 56 valence electrons. The molecule has 0 N–H and O–H groups in total. The van der Waals surface area contributed by atoms with Gasteiger partial charge in [0, 0.05) is 0 Å². The van der Waals surface area contributed by atoms with Gasteiger partial charge >= 0.3 is 12.5 Å². The average molecular weight is 143 g/mol. The van der Waals surface area contributed by atoms with Gasteiger partial charge in [0.2, 0.25) is 5.39 Å². The van der Waals surface area contributed by atoms with Crippen molar-refractivity contribution in [3.05, 3.63) is 4.98 Å². The Balaban J connectivity index is 3.62. The van der Waals surface area contributed by atoms with Crippen LogP contribution in [0.5, 0.6) is 0 Å². The van der Waals surface area contributed by atoms with Crippen LogP contribution in [0.15, 0.2) is 0 Å². The lowest BCUT2D eigenvalue weighted by molar-refractivity contribution is -0.146. The minimum absolute atomic E-state index is 0.110. The lowest BCUT2D eigenvalue weighted by Gasteiger charge is -2.00. The van der Waals surface area contributed by atoms with Crippen LogP contribution >= 0.6 is 0 Å². The molecule has 0 saturated heterocycles. The Kier molecular flexibility index (Phi) is 4.21. The molecule has 0 radical (unpaired) electrons. The highest BCUT2D eigenvalue weighted by atomic mass is 16.5. The van der Waals surface area contributed by atoms with Crippen molar-refractivity contribution in [3.8, 4) is 0 Å². The second-order valence-corrected chi connectivity index (χ2v) is 1.98. The van der Waals surface area contributed by atoms with Gasteiger partial charge in [-0.15, -0.1) is 0 Å². The number of nitrogens with zero attached hydrogens (tertiary/aromatic N) is 2. The van der Waals surface area contributed by atoms with Crippen LogP contribution in [-0.2, 0) is 9.53 Å². The molecular weight excluding hydrogens is 132 g/mol. The third-order valence-electron chi connectivity index (χ3n) is 1.04. The molecule has 0 aliphatic rings. The molecule has 0 aromatic heterocycles. The maximum atomic E-state index is 10.7. The molecule has 0 saturated carbocycles. The van der Waals surface area contributed by atoms with Crippen molar-refractivity contribution in [2.45, 2.75) is 13.8 Å². The third kappa shape index (κ3) is 3.02. The molecule has 0 aromatic rings. The Morgan fingerprint density at radius 3 is 2.80 bits per heavy atom. The molecule has 0 aliphatic heterocycles. The molecule has 0 rings (SSSR count). The summed E-state index contributed by atoms with van der Waals surface area (Å²) in [6.45, 7) is 3.87. The van der Waals surface area contributed by atoms with Gasteiger partial charge in [-0.1, -0.05) is 0 Å².